The van der Waals surface area contributed by atoms with Gasteiger partial charge in [-0.25, -0.2) is 0 Å². The highest BCUT2D eigenvalue weighted by molar-refractivity contribution is 9.11. The number of nitrogens with zero attached hydrogens (tertiary/aromatic N) is 2. The molecule has 0 saturated carbocycles. The quantitative estimate of drug-likeness (QED) is 0.857. The van der Waals surface area contributed by atoms with Gasteiger partial charge in [0.1, 0.15) is 0 Å². The van der Waals surface area contributed by atoms with Crippen LogP contribution in [0.4, 0.5) is 0 Å². The predicted octanol–water partition coefficient (Wildman–Crippen LogP) is 1.48. The standard InChI is InChI=1S/C11H18BrN3O2S2/c1-2-14(9-10-3-4-11(12)18-10)19(16,17)15-7-5-13-6-8-15/h3-4,13H,2,5-9H2,1H3. The van der Waals surface area contributed by atoms with Gasteiger partial charge in [0.2, 0.25) is 0 Å². The molecule has 1 saturated heterocycles. The Labute approximate surface area is 126 Å². The van der Waals surface area contributed by atoms with Crippen molar-refractivity contribution >= 4 is 37.5 Å². The van der Waals surface area contributed by atoms with Gasteiger partial charge < -0.3 is 5.32 Å². The third-order valence-electron chi connectivity index (χ3n) is 3.04. The molecule has 1 aliphatic rings. The summed E-state index contributed by atoms with van der Waals surface area (Å²) >= 11 is 4.98. The van der Waals surface area contributed by atoms with E-state index in [1.165, 1.54) is 4.31 Å². The second-order valence-electron chi connectivity index (χ2n) is 4.29. The molecule has 1 aromatic heterocycles. The fourth-order valence-electron chi connectivity index (χ4n) is 2.01. The van der Waals surface area contributed by atoms with E-state index < -0.39 is 10.2 Å². The first-order valence-corrected chi connectivity index (χ1v) is 9.25. The molecule has 1 N–H and O–H groups in total. The molecule has 5 nitrogen and oxygen atoms in total. The highest BCUT2D eigenvalue weighted by atomic mass is 79.9. The molecule has 2 heterocycles. The van der Waals surface area contributed by atoms with E-state index in [0.29, 0.717) is 26.2 Å². The summed E-state index contributed by atoms with van der Waals surface area (Å²) in [5, 5.41) is 3.17. The maximum Gasteiger partial charge on any atom is 0.282 e. The molecule has 2 rings (SSSR count). The van der Waals surface area contributed by atoms with Gasteiger partial charge in [-0.2, -0.15) is 17.0 Å². The predicted molar refractivity (Wildman–Crippen MR) is 81.5 cm³/mol. The summed E-state index contributed by atoms with van der Waals surface area (Å²) in [5.74, 6) is 0. The van der Waals surface area contributed by atoms with E-state index in [9.17, 15) is 8.42 Å². The molecule has 108 valence electrons. The molecular weight excluding hydrogens is 350 g/mol. The van der Waals surface area contributed by atoms with E-state index in [4.69, 9.17) is 0 Å². The Kier molecular flexibility index (Phi) is 5.38. The molecule has 0 bridgehead atoms. The lowest BCUT2D eigenvalue weighted by Crippen LogP contribution is -2.51. The molecule has 0 amide bonds. The smallest absolute Gasteiger partial charge is 0.282 e. The molecule has 0 radical (unpaired) electrons. The zero-order chi connectivity index (χ0) is 13.9. The van der Waals surface area contributed by atoms with Crippen LogP contribution >= 0.6 is 27.3 Å². The lowest BCUT2D eigenvalue weighted by atomic mass is 10.4. The molecule has 1 aromatic rings. The van der Waals surface area contributed by atoms with E-state index in [-0.39, 0.29) is 0 Å². The van der Waals surface area contributed by atoms with Crippen molar-refractivity contribution in [3.63, 3.8) is 0 Å². The van der Waals surface area contributed by atoms with Crippen molar-refractivity contribution in [2.45, 2.75) is 13.5 Å². The Morgan fingerprint density at radius 1 is 1.42 bits per heavy atom. The summed E-state index contributed by atoms with van der Waals surface area (Å²) in [4.78, 5) is 1.05. The van der Waals surface area contributed by atoms with Crippen LogP contribution in [0.1, 0.15) is 11.8 Å². The van der Waals surface area contributed by atoms with Gasteiger partial charge in [0, 0.05) is 44.1 Å². The molecule has 19 heavy (non-hydrogen) atoms. The fourth-order valence-corrected chi connectivity index (χ4v) is 5.19. The largest absolute Gasteiger partial charge is 0.314 e. The summed E-state index contributed by atoms with van der Waals surface area (Å²) in [7, 11) is -3.35. The lowest BCUT2D eigenvalue weighted by Gasteiger charge is -2.31. The Morgan fingerprint density at radius 3 is 2.63 bits per heavy atom. The van der Waals surface area contributed by atoms with E-state index in [0.717, 1.165) is 21.8 Å². The van der Waals surface area contributed by atoms with Gasteiger partial charge in [-0.05, 0) is 28.1 Å². The third kappa shape index (κ3) is 3.77. The van der Waals surface area contributed by atoms with Crippen LogP contribution in [0.3, 0.4) is 0 Å². The summed E-state index contributed by atoms with van der Waals surface area (Å²) in [6.07, 6.45) is 0. The monoisotopic (exact) mass is 367 g/mol. The number of hydrogen-bond donors (Lipinski definition) is 1. The topological polar surface area (TPSA) is 52.7 Å². The fraction of sp³-hybridized carbons (Fsp3) is 0.636. The SMILES string of the molecule is CCN(Cc1ccc(Br)s1)S(=O)(=O)N1CCNCC1. The van der Waals surface area contributed by atoms with E-state index in [1.807, 2.05) is 19.1 Å². The average molecular weight is 368 g/mol. The van der Waals surface area contributed by atoms with E-state index in [2.05, 4.69) is 21.2 Å². The van der Waals surface area contributed by atoms with Gasteiger partial charge in [0.05, 0.1) is 3.79 Å². The maximum absolute atomic E-state index is 12.5. The Balaban J connectivity index is 2.11. The molecule has 0 unspecified atom stereocenters. The molecule has 0 aromatic carbocycles. The van der Waals surface area contributed by atoms with Crippen LogP contribution < -0.4 is 5.32 Å². The highest BCUT2D eigenvalue weighted by Crippen LogP contribution is 2.24. The van der Waals surface area contributed by atoms with Crippen LogP contribution in [-0.2, 0) is 16.8 Å². The minimum atomic E-state index is -3.35. The number of thiophene rings is 1. The minimum absolute atomic E-state index is 0.443. The first-order chi connectivity index (χ1) is 9.04. The number of piperazine rings is 1. The van der Waals surface area contributed by atoms with Crippen LogP contribution in [0.5, 0.6) is 0 Å². The minimum Gasteiger partial charge on any atom is -0.314 e. The van der Waals surface area contributed by atoms with Crippen LogP contribution in [0.25, 0.3) is 0 Å². The van der Waals surface area contributed by atoms with Gasteiger partial charge in [-0.1, -0.05) is 6.92 Å². The van der Waals surface area contributed by atoms with Gasteiger partial charge in [0.25, 0.3) is 10.2 Å². The summed E-state index contributed by atoms with van der Waals surface area (Å²) < 4.78 is 29.2. The number of rotatable bonds is 5. The van der Waals surface area contributed by atoms with Gasteiger partial charge in [-0.15, -0.1) is 11.3 Å². The van der Waals surface area contributed by atoms with Gasteiger partial charge in [-0.3, -0.25) is 0 Å². The Hall–Kier alpha value is 0.01000. The van der Waals surface area contributed by atoms with E-state index >= 15 is 0 Å². The van der Waals surface area contributed by atoms with E-state index in [1.54, 1.807) is 15.6 Å². The second kappa shape index (κ2) is 6.64. The normalized spacial score (nSPS) is 18.1. The first kappa shape index (κ1) is 15.4. The zero-order valence-electron chi connectivity index (χ0n) is 10.8. The zero-order valence-corrected chi connectivity index (χ0v) is 14.0. The van der Waals surface area contributed by atoms with Crippen molar-refractivity contribution < 1.29 is 8.42 Å². The highest BCUT2D eigenvalue weighted by Gasteiger charge is 2.29. The van der Waals surface area contributed by atoms with Crippen molar-refractivity contribution in [3.8, 4) is 0 Å². The average Bonchev–Trinajstić information content (AvgIpc) is 2.82. The molecule has 8 heteroatoms. The van der Waals surface area contributed by atoms with Gasteiger partial charge >= 0.3 is 0 Å². The van der Waals surface area contributed by atoms with Crippen LogP contribution in [-0.4, -0.2) is 49.8 Å². The first-order valence-electron chi connectivity index (χ1n) is 6.24. The van der Waals surface area contributed by atoms with Crippen molar-refractivity contribution in [1.29, 1.82) is 0 Å². The van der Waals surface area contributed by atoms with Crippen molar-refractivity contribution in [1.82, 2.24) is 13.9 Å². The van der Waals surface area contributed by atoms with Crippen LogP contribution in [0.15, 0.2) is 15.9 Å². The summed E-state index contributed by atoms with van der Waals surface area (Å²) in [6, 6.07) is 3.91. The van der Waals surface area contributed by atoms with Crippen molar-refractivity contribution in [3.05, 3.63) is 20.8 Å². The summed E-state index contributed by atoms with van der Waals surface area (Å²) in [6.45, 7) is 5.35. The third-order valence-corrected chi connectivity index (χ3v) is 6.71. The molecule has 0 atom stereocenters. The van der Waals surface area contributed by atoms with Crippen LogP contribution in [0, 0.1) is 0 Å². The number of halogens is 1. The Bertz CT molecular complexity index is 512. The number of nitrogens with one attached hydrogen (secondary N) is 1. The van der Waals surface area contributed by atoms with Crippen molar-refractivity contribution in [2.75, 3.05) is 32.7 Å². The molecule has 1 fully saturated rings. The summed E-state index contributed by atoms with van der Waals surface area (Å²) in [5.41, 5.74) is 0. The molecule has 0 spiro atoms. The molecule has 1 aliphatic heterocycles. The molecule has 0 aliphatic carbocycles. The maximum atomic E-state index is 12.5. The molecular formula is C11H18BrN3O2S2. The number of hydrogen-bond acceptors (Lipinski definition) is 4. The second-order valence-corrected chi connectivity index (χ2v) is 8.76. The van der Waals surface area contributed by atoms with Crippen LogP contribution in [0.2, 0.25) is 0 Å². The Morgan fingerprint density at radius 2 is 2.11 bits per heavy atom. The van der Waals surface area contributed by atoms with Gasteiger partial charge in [0.15, 0.2) is 0 Å². The van der Waals surface area contributed by atoms with Crippen molar-refractivity contribution in [2.24, 2.45) is 0 Å². The lowest BCUT2D eigenvalue weighted by molar-refractivity contribution is 0.313.